The van der Waals surface area contributed by atoms with Gasteiger partial charge < -0.3 is 9.88 Å². The minimum atomic E-state index is -3.19. The van der Waals surface area contributed by atoms with E-state index in [0.717, 1.165) is 5.82 Å². The van der Waals surface area contributed by atoms with Crippen molar-refractivity contribution in [2.75, 3.05) is 18.8 Å². The third-order valence-electron chi connectivity index (χ3n) is 2.62. The molecule has 0 saturated carbocycles. The molecule has 0 amide bonds. The van der Waals surface area contributed by atoms with Crippen LogP contribution in [0.2, 0.25) is 0 Å². The third kappa shape index (κ3) is 6.65. The van der Waals surface area contributed by atoms with Gasteiger partial charge in [0.1, 0.15) is 12.2 Å². The van der Waals surface area contributed by atoms with Crippen molar-refractivity contribution >= 4 is 10.0 Å². The Labute approximate surface area is 114 Å². The third-order valence-corrected chi connectivity index (χ3v) is 4.09. The lowest BCUT2D eigenvalue weighted by Crippen LogP contribution is -2.31. The maximum Gasteiger partial charge on any atom is 0.211 e. The van der Waals surface area contributed by atoms with Crippen molar-refractivity contribution in [1.82, 2.24) is 24.8 Å². The van der Waals surface area contributed by atoms with Crippen molar-refractivity contribution in [1.29, 1.82) is 0 Å². The second-order valence-electron chi connectivity index (χ2n) is 4.78. The smallest absolute Gasteiger partial charge is 0.211 e. The van der Waals surface area contributed by atoms with Gasteiger partial charge in [-0.05, 0) is 13.0 Å². The van der Waals surface area contributed by atoms with Crippen LogP contribution in [-0.4, -0.2) is 48.1 Å². The predicted molar refractivity (Wildman–Crippen MR) is 74.3 cm³/mol. The van der Waals surface area contributed by atoms with Crippen LogP contribution in [0, 0.1) is 0 Å². The summed E-state index contributed by atoms with van der Waals surface area (Å²) < 4.78 is 27.8. The van der Waals surface area contributed by atoms with Crippen molar-refractivity contribution in [3.63, 3.8) is 0 Å². The fourth-order valence-electron chi connectivity index (χ4n) is 1.58. The summed E-state index contributed by atoms with van der Waals surface area (Å²) in [7, 11) is -1.36. The van der Waals surface area contributed by atoms with Gasteiger partial charge in [-0.1, -0.05) is 13.8 Å². The fourth-order valence-corrected chi connectivity index (χ4v) is 2.66. The molecule has 1 aromatic heterocycles. The van der Waals surface area contributed by atoms with E-state index in [4.69, 9.17) is 0 Å². The standard InChI is InChI=1S/C11H23N5O2S/c1-10(2)12-6-4-8-19(17,18)14-7-5-11-15-13-9-16(11)3/h9-10,12,14H,4-8H2,1-3H3. The molecule has 0 spiro atoms. The lowest BCUT2D eigenvalue weighted by Gasteiger charge is -2.09. The molecule has 0 unspecified atom stereocenters. The largest absolute Gasteiger partial charge is 0.321 e. The van der Waals surface area contributed by atoms with E-state index in [1.54, 1.807) is 10.9 Å². The number of hydrogen-bond donors (Lipinski definition) is 2. The van der Waals surface area contributed by atoms with Crippen LogP contribution in [-0.2, 0) is 23.5 Å². The van der Waals surface area contributed by atoms with Crippen LogP contribution in [0.15, 0.2) is 6.33 Å². The van der Waals surface area contributed by atoms with Crippen LogP contribution in [0.5, 0.6) is 0 Å². The Balaban J connectivity index is 2.22. The molecule has 0 aromatic carbocycles. The molecule has 0 aliphatic rings. The average Bonchev–Trinajstić information content (AvgIpc) is 2.70. The Morgan fingerprint density at radius 1 is 1.37 bits per heavy atom. The summed E-state index contributed by atoms with van der Waals surface area (Å²) in [5, 5.41) is 10.8. The second kappa shape index (κ2) is 7.56. The van der Waals surface area contributed by atoms with Gasteiger partial charge in [-0.3, -0.25) is 0 Å². The summed E-state index contributed by atoms with van der Waals surface area (Å²) in [4.78, 5) is 0. The maximum atomic E-state index is 11.7. The number of aromatic nitrogens is 3. The summed E-state index contributed by atoms with van der Waals surface area (Å²) in [6.45, 7) is 5.13. The monoisotopic (exact) mass is 289 g/mol. The van der Waals surface area contributed by atoms with Crippen molar-refractivity contribution in [3.8, 4) is 0 Å². The van der Waals surface area contributed by atoms with Crippen molar-refractivity contribution < 1.29 is 8.42 Å². The number of nitrogens with zero attached hydrogens (tertiary/aromatic N) is 3. The summed E-state index contributed by atoms with van der Waals surface area (Å²) in [6, 6.07) is 0.381. The molecule has 0 atom stereocenters. The molecule has 2 N–H and O–H groups in total. The molecule has 1 rings (SSSR count). The molecule has 1 aromatic rings. The maximum absolute atomic E-state index is 11.7. The van der Waals surface area contributed by atoms with E-state index in [-0.39, 0.29) is 5.75 Å². The average molecular weight is 289 g/mol. The van der Waals surface area contributed by atoms with Gasteiger partial charge in [-0.25, -0.2) is 13.1 Å². The molecule has 0 aliphatic carbocycles. The van der Waals surface area contributed by atoms with E-state index in [0.29, 0.717) is 32.0 Å². The zero-order valence-electron chi connectivity index (χ0n) is 11.8. The SMILES string of the molecule is CC(C)NCCCS(=O)(=O)NCCc1nncn1C. The van der Waals surface area contributed by atoms with Crippen molar-refractivity contribution in [2.24, 2.45) is 7.05 Å². The van der Waals surface area contributed by atoms with Crippen LogP contribution >= 0.6 is 0 Å². The number of nitrogens with one attached hydrogen (secondary N) is 2. The Kier molecular flexibility index (Phi) is 6.40. The molecular weight excluding hydrogens is 266 g/mol. The highest BCUT2D eigenvalue weighted by Crippen LogP contribution is 1.94. The Morgan fingerprint density at radius 2 is 2.11 bits per heavy atom. The first kappa shape index (κ1) is 16.1. The van der Waals surface area contributed by atoms with E-state index in [1.807, 2.05) is 20.9 Å². The molecule has 0 saturated heterocycles. The highest BCUT2D eigenvalue weighted by atomic mass is 32.2. The van der Waals surface area contributed by atoms with E-state index in [2.05, 4.69) is 20.2 Å². The van der Waals surface area contributed by atoms with Gasteiger partial charge in [-0.2, -0.15) is 0 Å². The molecule has 8 heteroatoms. The first-order chi connectivity index (χ1) is 8.91. The van der Waals surface area contributed by atoms with E-state index in [1.165, 1.54) is 0 Å². The zero-order chi connectivity index (χ0) is 14.3. The van der Waals surface area contributed by atoms with E-state index < -0.39 is 10.0 Å². The Hall–Kier alpha value is -0.990. The Morgan fingerprint density at radius 3 is 2.68 bits per heavy atom. The topological polar surface area (TPSA) is 88.9 Å². The summed E-state index contributed by atoms with van der Waals surface area (Å²) in [5.41, 5.74) is 0. The minimum Gasteiger partial charge on any atom is -0.321 e. The number of aryl methyl sites for hydroxylation is 1. The van der Waals surface area contributed by atoms with Crippen LogP contribution in [0.1, 0.15) is 26.1 Å². The molecular formula is C11H23N5O2S. The lowest BCUT2D eigenvalue weighted by molar-refractivity contribution is 0.560. The van der Waals surface area contributed by atoms with Gasteiger partial charge in [0.05, 0.1) is 5.75 Å². The molecule has 110 valence electrons. The first-order valence-corrected chi connectivity index (χ1v) is 8.09. The van der Waals surface area contributed by atoms with Crippen molar-refractivity contribution in [3.05, 3.63) is 12.2 Å². The normalized spacial score (nSPS) is 12.2. The van der Waals surface area contributed by atoms with Crippen molar-refractivity contribution in [2.45, 2.75) is 32.7 Å². The van der Waals surface area contributed by atoms with Crippen LogP contribution in [0.25, 0.3) is 0 Å². The Bertz CT molecular complexity index is 469. The van der Waals surface area contributed by atoms with Gasteiger partial charge in [0.25, 0.3) is 0 Å². The molecule has 0 aliphatic heterocycles. The molecule has 0 fully saturated rings. The minimum absolute atomic E-state index is 0.144. The highest BCUT2D eigenvalue weighted by Gasteiger charge is 2.10. The van der Waals surface area contributed by atoms with Gasteiger partial charge in [0, 0.05) is 26.1 Å². The van der Waals surface area contributed by atoms with Crippen LogP contribution in [0.3, 0.4) is 0 Å². The number of sulfonamides is 1. The van der Waals surface area contributed by atoms with Gasteiger partial charge in [0.2, 0.25) is 10.0 Å². The van der Waals surface area contributed by atoms with Crippen LogP contribution < -0.4 is 10.0 Å². The molecule has 1 heterocycles. The van der Waals surface area contributed by atoms with E-state index >= 15 is 0 Å². The number of rotatable bonds is 9. The van der Waals surface area contributed by atoms with Crippen LogP contribution in [0.4, 0.5) is 0 Å². The second-order valence-corrected chi connectivity index (χ2v) is 6.71. The molecule has 0 radical (unpaired) electrons. The summed E-state index contributed by atoms with van der Waals surface area (Å²) in [6.07, 6.45) is 2.75. The first-order valence-electron chi connectivity index (χ1n) is 6.44. The molecule has 7 nitrogen and oxygen atoms in total. The zero-order valence-corrected chi connectivity index (χ0v) is 12.6. The van der Waals surface area contributed by atoms with Gasteiger partial charge in [-0.15, -0.1) is 10.2 Å². The van der Waals surface area contributed by atoms with E-state index in [9.17, 15) is 8.42 Å². The van der Waals surface area contributed by atoms with Gasteiger partial charge in [0.15, 0.2) is 0 Å². The summed E-state index contributed by atoms with van der Waals surface area (Å²) in [5.74, 6) is 0.912. The summed E-state index contributed by atoms with van der Waals surface area (Å²) >= 11 is 0. The molecule has 19 heavy (non-hydrogen) atoms. The lowest BCUT2D eigenvalue weighted by atomic mass is 10.4. The number of hydrogen-bond acceptors (Lipinski definition) is 5. The quantitative estimate of drug-likeness (QED) is 0.607. The van der Waals surface area contributed by atoms with Gasteiger partial charge >= 0.3 is 0 Å². The predicted octanol–water partition coefficient (Wildman–Crippen LogP) is -0.335. The molecule has 0 bridgehead atoms. The highest BCUT2D eigenvalue weighted by molar-refractivity contribution is 7.89. The fraction of sp³-hybridized carbons (Fsp3) is 0.818.